The molecule has 2 aliphatic rings. The van der Waals surface area contributed by atoms with Gasteiger partial charge in [0.15, 0.2) is 0 Å². The third-order valence-electron chi connectivity index (χ3n) is 6.35. The fraction of sp³-hybridized carbons (Fsp3) is 0.591. The first-order valence-corrected chi connectivity index (χ1v) is 12.6. The molecule has 1 unspecified atom stereocenters. The fourth-order valence-electron chi connectivity index (χ4n) is 4.33. The Morgan fingerprint density at radius 2 is 1.77 bits per heavy atom. The van der Waals surface area contributed by atoms with Crippen molar-refractivity contribution in [3.63, 3.8) is 0 Å². The maximum atomic E-state index is 12.7. The van der Waals surface area contributed by atoms with Gasteiger partial charge < -0.3 is 10.2 Å². The van der Waals surface area contributed by atoms with Crippen LogP contribution in [0.3, 0.4) is 0 Å². The van der Waals surface area contributed by atoms with E-state index >= 15 is 0 Å². The number of carbonyl (C=O) groups excluding carboxylic acids is 3. The van der Waals surface area contributed by atoms with Gasteiger partial charge in [-0.15, -0.1) is 0 Å². The summed E-state index contributed by atoms with van der Waals surface area (Å²) >= 11 is 0. The summed E-state index contributed by atoms with van der Waals surface area (Å²) in [7, 11) is -1.82. The van der Waals surface area contributed by atoms with E-state index in [0.717, 1.165) is 31.9 Å². The molecule has 0 aromatic heterocycles. The zero-order valence-electron chi connectivity index (χ0n) is 18.1. The van der Waals surface area contributed by atoms with Gasteiger partial charge in [0.25, 0.3) is 5.91 Å². The number of rotatable bonds is 8. The average Bonchev–Trinajstić information content (AvgIpc) is 3.03. The number of hydrogen-bond acceptors (Lipinski definition) is 5. The van der Waals surface area contributed by atoms with Crippen molar-refractivity contribution in [3.05, 3.63) is 35.9 Å². The van der Waals surface area contributed by atoms with Crippen LogP contribution in [-0.4, -0.2) is 74.2 Å². The lowest BCUT2D eigenvalue weighted by molar-refractivity contribution is -0.142. The molecule has 0 spiro atoms. The molecule has 1 aromatic rings. The van der Waals surface area contributed by atoms with Gasteiger partial charge in [-0.05, 0) is 43.6 Å². The van der Waals surface area contributed by atoms with Crippen LogP contribution < -0.4 is 5.32 Å². The molecule has 0 radical (unpaired) electrons. The molecule has 2 fully saturated rings. The van der Waals surface area contributed by atoms with Crippen LogP contribution >= 0.6 is 0 Å². The normalized spacial score (nSPS) is 24.6. The first-order chi connectivity index (χ1) is 14.7. The first kappa shape index (κ1) is 23.4. The Morgan fingerprint density at radius 1 is 1.13 bits per heavy atom. The van der Waals surface area contributed by atoms with Gasteiger partial charge in [0.05, 0.1) is 6.26 Å². The van der Waals surface area contributed by atoms with Crippen molar-refractivity contribution in [1.82, 2.24) is 14.5 Å². The SMILES string of the molecule is CN(CCCN1CC(C(=O)NC2CCC(c3ccccc3)CC2)C(=O)C1=O)S(C)(=O)=O. The van der Waals surface area contributed by atoms with E-state index in [1.165, 1.54) is 21.8 Å². The Bertz CT molecular complexity index is 910. The second-order valence-corrected chi connectivity index (χ2v) is 10.7. The number of sulfonamides is 1. The van der Waals surface area contributed by atoms with Crippen molar-refractivity contribution >= 4 is 27.6 Å². The first-order valence-electron chi connectivity index (χ1n) is 10.8. The summed E-state index contributed by atoms with van der Waals surface area (Å²) in [5.74, 6) is -2.20. The van der Waals surface area contributed by atoms with Gasteiger partial charge in [-0.3, -0.25) is 14.4 Å². The van der Waals surface area contributed by atoms with Gasteiger partial charge in [-0.2, -0.15) is 0 Å². The molecule has 1 saturated carbocycles. The number of hydrogen-bond donors (Lipinski definition) is 1. The summed E-state index contributed by atoms with van der Waals surface area (Å²) in [6.45, 7) is 0.556. The highest BCUT2D eigenvalue weighted by Gasteiger charge is 2.43. The minimum atomic E-state index is -3.29. The standard InChI is InChI=1S/C22H31N3O5S/c1-24(31(2,29)30)13-6-14-25-15-19(20(26)22(25)28)21(27)23-18-11-9-17(10-12-18)16-7-4-3-5-8-16/h3-5,7-8,17-19H,6,9-15H2,1-2H3,(H,23,27). The Balaban J connectivity index is 1.46. The van der Waals surface area contributed by atoms with E-state index in [4.69, 9.17) is 0 Å². The number of carbonyl (C=O) groups is 3. The molecule has 9 heteroatoms. The minimum absolute atomic E-state index is 0.0211. The third-order valence-corrected chi connectivity index (χ3v) is 7.66. The van der Waals surface area contributed by atoms with Crippen LogP contribution in [0.2, 0.25) is 0 Å². The van der Waals surface area contributed by atoms with Crippen molar-refractivity contribution in [2.75, 3.05) is 32.9 Å². The molecule has 1 N–H and O–H groups in total. The summed E-state index contributed by atoms with van der Waals surface area (Å²) in [6.07, 6.45) is 5.17. The van der Waals surface area contributed by atoms with Crippen molar-refractivity contribution in [3.8, 4) is 0 Å². The average molecular weight is 450 g/mol. The minimum Gasteiger partial charge on any atom is -0.353 e. The van der Waals surface area contributed by atoms with Gasteiger partial charge in [-0.1, -0.05) is 30.3 Å². The quantitative estimate of drug-likeness (QED) is 0.473. The molecule has 1 aliphatic heterocycles. The van der Waals surface area contributed by atoms with Gasteiger partial charge in [0.2, 0.25) is 21.7 Å². The Labute approximate surface area is 184 Å². The Morgan fingerprint density at radius 3 is 2.39 bits per heavy atom. The smallest absolute Gasteiger partial charge is 0.290 e. The number of benzene rings is 1. The van der Waals surface area contributed by atoms with Crippen molar-refractivity contribution in [1.29, 1.82) is 0 Å². The number of Topliss-reactive ketones (excluding diaryl/α,β-unsaturated/α-hetero) is 1. The van der Waals surface area contributed by atoms with Gasteiger partial charge in [-0.25, -0.2) is 12.7 Å². The van der Waals surface area contributed by atoms with Crippen molar-refractivity contribution in [2.24, 2.45) is 5.92 Å². The molecule has 1 heterocycles. The lowest BCUT2D eigenvalue weighted by Gasteiger charge is -2.30. The Hall–Kier alpha value is -2.26. The zero-order valence-corrected chi connectivity index (χ0v) is 18.9. The lowest BCUT2D eigenvalue weighted by atomic mass is 9.81. The maximum Gasteiger partial charge on any atom is 0.290 e. The molecule has 1 saturated heterocycles. The van der Waals surface area contributed by atoms with Crippen LogP contribution in [0.5, 0.6) is 0 Å². The van der Waals surface area contributed by atoms with E-state index < -0.39 is 27.6 Å². The molecule has 0 bridgehead atoms. The highest BCUT2D eigenvalue weighted by molar-refractivity contribution is 7.88. The largest absolute Gasteiger partial charge is 0.353 e. The van der Waals surface area contributed by atoms with E-state index in [1.807, 2.05) is 18.2 Å². The molecule has 2 amide bonds. The van der Waals surface area contributed by atoms with Gasteiger partial charge in [0, 0.05) is 32.7 Å². The zero-order chi connectivity index (χ0) is 22.6. The summed E-state index contributed by atoms with van der Waals surface area (Å²) < 4.78 is 24.1. The molecule has 31 heavy (non-hydrogen) atoms. The fourth-order valence-corrected chi connectivity index (χ4v) is 4.79. The van der Waals surface area contributed by atoms with E-state index in [-0.39, 0.29) is 31.6 Å². The van der Waals surface area contributed by atoms with Crippen LogP contribution in [0.4, 0.5) is 0 Å². The molecular weight excluding hydrogens is 418 g/mol. The lowest BCUT2D eigenvalue weighted by Crippen LogP contribution is -2.43. The second kappa shape index (κ2) is 9.91. The van der Waals surface area contributed by atoms with Crippen LogP contribution in [0.25, 0.3) is 0 Å². The number of nitrogens with one attached hydrogen (secondary N) is 1. The van der Waals surface area contributed by atoms with E-state index in [0.29, 0.717) is 12.3 Å². The summed E-state index contributed by atoms with van der Waals surface area (Å²) in [6, 6.07) is 10.4. The Kier molecular flexibility index (Phi) is 7.48. The molecule has 1 aliphatic carbocycles. The van der Waals surface area contributed by atoms with Crippen LogP contribution in [0.15, 0.2) is 30.3 Å². The number of amides is 2. The molecule has 8 nitrogen and oxygen atoms in total. The number of nitrogens with zero attached hydrogens (tertiary/aromatic N) is 2. The predicted octanol–water partition coefficient (Wildman–Crippen LogP) is 1.14. The van der Waals surface area contributed by atoms with Crippen molar-refractivity contribution in [2.45, 2.75) is 44.1 Å². The van der Waals surface area contributed by atoms with E-state index in [2.05, 4.69) is 17.4 Å². The van der Waals surface area contributed by atoms with E-state index in [9.17, 15) is 22.8 Å². The summed E-state index contributed by atoms with van der Waals surface area (Å²) in [5.41, 5.74) is 1.32. The number of likely N-dealkylation sites (tertiary alicyclic amines) is 1. The highest BCUT2D eigenvalue weighted by Crippen LogP contribution is 2.32. The molecule has 1 aromatic carbocycles. The summed E-state index contributed by atoms with van der Waals surface area (Å²) in [5, 5.41) is 2.97. The molecule has 1 atom stereocenters. The maximum absolute atomic E-state index is 12.7. The molecular formula is C22H31N3O5S. The highest BCUT2D eigenvalue weighted by atomic mass is 32.2. The predicted molar refractivity (Wildman–Crippen MR) is 117 cm³/mol. The summed E-state index contributed by atoms with van der Waals surface area (Å²) in [4.78, 5) is 38.6. The molecule has 170 valence electrons. The van der Waals surface area contributed by atoms with Crippen LogP contribution in [-0.2, 0) is 24.4 Å². The second-order valence-electron chi connectivity index (χ2n) is 8.57. The topological polar surface area (TPSA) is 104 Å². The van der Waals surface area contributed by atoms with Gasteiger partial charge >= 0.3 is 0 Å². The monoisotopic (exact) mass is 449 g/mol. The molecule has 3 rings (SSSR count). The van der Waals surface area contributed by atoms with E-state index in [1.54, 1.807) is 0 Å². The van der Waals surface area contributed by atoms with Crippen molar-refractivity contribution < 1.29 is 22.8 Å². The third kappa shape index (κ3) is 5.92. The van der Waals surface area contributed by atoms with Gasteiger partial charge in [0.1, 0.15) is 5.92 Å². The number of ketones is 1. The van der Waals surface area contributed by atoms with Crippen LogP contribution in [0.1, 0.15) is 43.6 Å². The van der Waals surface area contributed by atoms with Crippen LogP contribution in [0, 0.1) is 5.92 Å².